The SMILES string of the molecule is CC[C@H](C(=O)OC1=C(C)C[C@@H](OC(=O)[C@@H](CC)c2ccccc2)[C@@H](OC(=O)[C@@H](CC)c2ccccc2)C1=O)c1ccccc1. The van der Waals surface area contributed by atoms with Gasteiger partial charge in [0.05, 0.1) is 17.8 Å². The van der Waals surface area contributed by atoms with Crippen LogP contribution in [0.15, 0.2) is 102 Å². The van der Waals surface area contributed by atoms with Gasteiger partial charge in [-0.25, -0.2) is 0 Å². The Bertz CT molecular complexity index is 1460. The summed E-state index contributed by atoms with van der Waals surface area (Å²) in [6.07, 6.45) is -1.10. The molecule has 0 N–H and O–H groups in total. The third kappa shape index (κ3) is 7.51. The number of hydrogen-bond donors (Lipinski definition) is 0. The van der Waals surface area contributed by atoms with Crippen molar-refractivity contribution in [2.75, 3.05) is 0 Å². The zero-order chi connectivity index (χ0) is 31.6. The highest BCUT2D eigenvalue weighted by Gasteiger charge is 2.45. The van der Waals surface area contributed by atoms with Gasteiger partial charge in [-0.3, -0.25) is 19.2 Å². The first-order valence-corrected chi connectivity index (χ1v) is 15.3. The van der Waals surface area contributed by atoms with E-state index >= 15 is 0 Å². The van der Waals surface area contributed by atoms with Crippen LogP contribution in [0.5, 0.6) is 0 Å². The predicted molar refractivity (Wildman–Crippen MR) is 167 cm³/mol. The van der Waals surface area contributed by atoms with Crippen molar-refractivity contribution in [2.45, 2.75) is 83.3 Å². The highest BCUT2D eigenvalue weighted by molar-refractivity contribution is 6.02. The van der Waals surface area contributed by atoms with Gasteiger partial charge in [0, 0.05) is 6.42 Å². The van der Waals surface area contributed by atoms with E-state index in [0.29, 0.717) is 24.8 Å². The fraction of sp³-hybridized carbons (Fsp3) is 0.351. The van der Waals surface area contributed by atoms with E-state index in [0.717, 1.165) is 16.7 Å². The third-order valence-corrected chi connectivity index (χ3v) is 8.11. The maximum atomic E-state index is 14.0. The molecular weight excluding hydrogens is 556 g/mol. The van der Waals surface area contributed by atoms with Gasteiger partial charge in [0.2, 0.25) is 11.9 Å². The van der Waals surface area contributed by atoms with Gasteiger partial charge >= 0.3 is 17.9 Å². The third-order valence-electron chi connectivity index (χ3n) is 8.11. The van der Waals surface area contributed by atoms with Gasteiger partial charge in [-0.05, 0) is 48.4 Å². The maximum Gasteiger partial charge on any atom is 0.318 e. The maximum absolute atomic E-state index is 14.0. The number of Topliss-reactive ketones (excluding diaryl/α,β-unsaturated/α-hetero) is 1. The molecule has 0 unspecified atom stereocenters. The van der Waals surface area contributed by atoms with E-state index in [1.807, 2.05) is 112 Å². The number of hydrogen-bond acceptors (Lipinski definition) is 7. The lowest BCUT2D eigenvalue weighted by Crippen LogP contribution is -2.47. The lowest BCUT2D eigenvalue weighted by atomic mass is 9.90. The van der Waals surface area contributed by atoms with Crippen LogP contribution in [0.4, 0.5) is 0 Å². The van der Waals surface area contributed by atoms with Crippen molar-refractivity contribution in [2.24, 2.45) is 0 Å². The molecule has 0 aromatic heterocycles. The molecule has 3 aromatic carbocycles. The van der Waals surface area contributed by atoms with Gasteiger partial charge in [0.15, 0.2) is 11.9 Å². The molecule has 0 fully saturated rings. The number of ketones is 1. The Morgan fingerprint density at radius 1 is 0.636 bits per heavy atom. The van der Waals surface area contributed by atoms with Crippen molar-refractivity contribution < 1.29 is 33.4 Å². The molecule has 0 bridgehead atoms. The summed E-state index contributed by atoms with van der Waals surface area (Å²) in [7, 11) is 0. The first-order chi connectivity index (χ1) is 21.3. The van der Waals surface area contributed by atoms with Gasteiger partial charge in [-0.15, -0.1) is 0 Å². The number of rotatable bonds is 12. The van der Waals surface area contributed by atoms with Gasteiger partial charge in [-0.2, -0.15) is 0 Å². The van der Waals surface area contributed by atoms with Crippen LogP contribution in [-0.4, -0.2) is 35.9 Å². The van der Waals surface area contributed by atoms with Crippen LogP contribution < -0.4 is 0 Å². The Labute approximate surface area is 259 Å². The highest BCUT2D eigenvalue weighted by Crippen LogP contribution is 2.33. The Morgan fingerprint density at radius 3 is 1.43 bits per heavy atom. The first kappa shape index (κ1) is 32.4. The molecule has 0 aliphatic heterocycles. The molecule has 0 radical (unpaired) electrons. The normalized spacial score (nSPS) is 18.6. The van der Waals surface area contributed by atoms with Crippen LogP contribution in [0.25, 0.3) is 0 Å². The second-order valence-corrected chi connectivity index (χ2v) is 11.0. The molecule has 1 aliphatic rings. The molecule has 3 aromatic rings. The number of carbonyl (C=O) groups excluding carboxylic acids is 4. The number of ether oxygens (including phenoxy) is 3. The Hall–Kier alpha value is -4.52. The molecule has 7 heteroatoms. The van der Waals surface area contributed by atoms with Crippen LogP contribution in [0.3, 0.4) is 0 Å². The van der Waals surface area contributed by atoms with Crippen molar-refractivity contribution in [3.05, 3.63) is 119 Å². The van der Waals surface area contributed by atoms with Crippen LogP contribution in [0.2, 0.25) is 0 Å². The lowest BCUT2D eigenvalue weighted by Gasteiger charge is -2.33. The van der Waals surface area contributed by atoms with Crippen molar-refractivity contribution in [3.8, 4) is 0 Å². The van der Waals surface area contributed by atoms with Crippen molar-refractivity contribution in [1.29, 1.82) is 0 Å². The van der Waals surface area contributed by atoms with Crippen molar-refractivity contribution in [3.63, 3.8) is 0 Å². The summed E-state index contributed by atoms with van der Waals surface area (Å²) < 4.78 is 17.6. The molecule has 5 atom stereocenters. The molecule has 0 saturated heterocycles. The monoisotopic (exact) mass is 596 g/mol. The van der Waals surface area contributed by atoms with Gasteiger partial charge in [-0.1, -0.05) is 112 Å². The van der Waals surface area contributed by atoms with E-state index < -0.39 is 53.7 Å². The molecule has 0 saturated carbocycles. The predicted octanol–water partition coefficient (Wildman–Crippen LogP) is 7.18. The summed E-state index contributed by atoms with van der Waals surface area (Å²) in [6.45, 7) is 7.27. The number of esters is 3. The minimum Gasteiger partial charge on any atom is -0.457 e. The molecule has 7 nitrogen and oxygen atoms in total. The van der Waals surface area contributed by atoms with Gasteiger partial charge < -0.3 is 14.2 Å². The van der Waals surface area contributed by atoms with Crippen molar-refractivity contribution in [1.82, 2.24) is 0 Å². The Kier molecular flexibility index (Phi) is 11.2. The molecule has 230 valence electrons. The van der Waals surface area contributed by atoms with E-state index in [-0.39, 0.29) is 12.2 Å². The topological polar surface area (TPSA) is 96.0 Å². The Balaban J connectivity index is 1.63. The number of benzene rings is 3. The van der Waals surface area contributed by atoms with E-state index in [4.69, 9.17) is 14.2 Å². The minimum absolute atomic E-state index is 0.0630. The lowest BCUT2D eigenvalue weighted by molar-refractivity contribution is -0.175. The van der Waals surface area contributed by atoms with Gasteiger partial charge in [0.1, 0.15) is 0 Å². The van der Waals surface area contributed by atoms with Gasteiger partial charge in [0.25, 0.3) is 0 Å². The average Bonchev–Trinajstić information content (AvgIpc) is 3.04. The summed E-state index contributed by atoms with van der Waals surface area (Å²) in [5.74, 6) is -4.36. The summed E-state index contributed by atoms with van der Waals surface area (Å²) in [5, 5.41) is 0. The quantitative estimate of drug-likeness (QED) is 0.161. The van der Waals surface area contributed by atoms with Crippen LogP contribution in [0, 0.1) is 0 Å². The summed E-state index contributed by atoms with van der Waals surface area (Å²) >= 11 is 0. The van der Waals surface area contributed by atoms with Crippen LogP contribution >= 0.6 is 0 Å². The first-order valence-electron chi connectivity index (χ1n) is 15.3. The fourth-order valence-electron chi connectivity index (χ4n) is 5.66. The molecule has 4 rings (SSSR count). The molecule has 44 heavy (non-hydrogen) atoms. The zero-order valence-electron chi connectivity index (χ0n) is 25.7. The summed E-state index contributed by atoms with van der Waals surface area (Å²) in [6, 6.07) is 27.6. The highest BCUT2D eigenvalue weighted by atomic mass is 16.6. The molecule has 0 heterocycles. The smallest absolute Gasteiger partial charge is 0.318 e. The van der Waals surface area contributed by atoms with Crippen LogP contribution in [0.1, 0.15) is 87.8 Å². The summed E-state index contributed by atoms with van der Waals surface area (Å²) in [4.78, 5) is 54.4. The molecule has 0 amide bonds. The standard InChI is InChI=1S/C37H40O7/c1-5-28(25-17-11-8-12-18-25)35(39)42-31-23-24(4)33(43-36(40)29(6-2)26-19-13-9-14-20-26)32(38)34(31)44-37(41)30(7-3)27-21-15-10-16-22-27/h8-22,28-31,34H,5-7,23H2,1-4H3/t28-,29-,30-,31+,34+/m0/s1. The summed E-state index contributed by atoms with van der Waals surface area (Å²) in [5.41, 5.74) is 2.76. The number of carbonyl (C=O) groups is 4. The van der Waals surface area contributed by atoms with E-state index in [9.17, 15) is 19.2 Å². The molecule has 0 spiro atoms. The van der Waals surface area contributed by atoms with E-state index in [1.54, 1.807) is 6.92 Å². The molecular formula is C37H40O7. The largest absolute Gasteiger partial charge is 0.457 e. The second kappa shape index (κ2) is 15.3. The van der Waals surface area contributed by atoms with Crippen LogP contribution in [-0.2, 0) is 33.4 Å². The fourth-order valence-corrected chi connectivity index (χ4v) is 5.66. The van der Waals surface area contributed by atoms with E-state index in [1.165, 1.54) is 0 Å². The van der Waals surface area contributed by atoms with Crippen molar-refractivity contribution >= 4 is 23.7 Å². The Morgan fingerprint density at radius 2 is 1.02 bits per heavy atom. The second-order valence-electron chi connectivity index (χ2n) is 11.0. The zero-order valence-corrected chi connectivity index (χ0v) is 25.7. The minimum atomic E-state index is -1.47. The van der Waals surface area contributed by atoms with E-state index in [2.05, 4.69) is 0 Å². The average molecular weight is 597 g/mol. The molecule has 1 aliphatic carbocycles.